The maximum absolute atomic E-state index is 13.4. The predicted molar refractivity (Wildman–Crippen MR) is 103 cm³/mol. The highest BCUT2D eigenvalue weighted by molar-refractivity contribution is 7.14. The first-order valence-corrected chi connectivity index (χ1v) is 9.30. The predicted octanol–water partition coefficient (Wildman–Crippen LogP) is 4.64. The lowest BCUT2D eigenvalue weighted by Gasteiger charge is -2.12. The number of methoxy groups -OCH3 is 1. The van der Waals surface area contributed by atoms with Crippen LogP contribution in [0.2, 0.25) is 0 Å². The fourth-order valence-electron chi connectivity index (χ4n) is 2.39. The molecule has 0 aliphatic rings. The van der Waals surface area contributed by atoms with E-state index in [0.717, 1.165) is 17.7 Å². The zero-order chi connectivity index (χ0) is 20.1. The van der Waals surface area contributed by atoms with Crippen LogP contribution < -0.4 is 10.1 Å². The summed E-state index contributed by atoms with van der Waals surface area (Å²) in [7, 11) is 1.58. The van der Waals surface area contributed by atoms with Gasteiger partial charge in [-0.05, 0) is 42.8 Å². The third-order valence-electron chi connectivity index (χ3n) is 3.95. The van der Waals surface area contributed by atoms with Gasteiger partial charge in [0.05, 0.1) is 19.4 Å². The summed E-state index contributed by atoms with van der Waals surface area (Å²) in [6.45, 7) is 1.89. The van der Waals surface area contributed by atoms with Crippen LogP contribution in [0.15, 0.2) is 47.8 Å². The van der Waals surface area contributed by atoms with Crippen molar-refractivity contribution in [1.82, 2.24) is 4.98 Å². The van der Waals surface area contributed by atoms with Crippen LogP contribution in [-0.4, -0.2) is 24.1 Å². The number of rotatable bonds is 7. The van der Waals surface area contributed by atoms with E-state index in [1.807, 2.05) is 24.3 Å². The van der Waals surface area contributed by atoms with Gasteiger partial charge in [0.2, 0.25) is 0 Å². The van der Waals surface area contributed by atoms with Crippen LogP contribution in [0.4, 0.5) is 13.9 Å². The van der Waals surface area contributed by atoms with E-state index in [-0.39, 0.29) is 12.5 Å². The second-order valence-corrected chi connectivity index (χ2v) is 6.82. The van der Waals surface area contributed by atoms with Crippen molar-refractivity contribution < 1.29 is 23.0 Å². The number of thiazole rings is 1. The first kappa shape index (κ1) is 19.9. The summed E-state index contributed by atoms with van der Waals surface area (Å²) >= 11 is 1.19. The van der Waals surface area contributed by atoms with Crippen LogP contribution in [0, 0.1) is 11.6 Å². The minimum atomic E-state index is -0.948. The minimum absolute atomic E-state index is 0.254. The van der Waals surface area contributed by atoms with Crippen LogP contribution in [0.1, 0.15) is 12.5 Å². The normalized spacial score (nSPS) is 11.9. The van der Waals surface area contributed by atoms with E-state index in [2.05, 4.69) is 10.3 Å². The quantitative estimate of drug-likeness (QED) is 0.623. The molecule has 3 rings (SSSR count). The molecule has 8 heteroatoms. The highest BCUT2D eigenvalue weighted by atomic mass is 32.1. The van der Waals surface area contributed by atoms with Crippen LogP contribution in [-0.2, 0) is 16.1 Å². The summed E-state index contributed by atoms with van der Waals surface area (Å²) in [6, 6.07) is 10.9. The third kappa shape index (κ3) is 4.90. The van der Waals surface area contributed by atoms with E-state index in [1.165, 1.54) is 17.4 Å². The summed E-state index contributed by atoms with van der Waals surface area (Å²) in [5.74, 6) is -1.51. The number of hydrogen-bond acceptors (Lipinski definition) is 5. The number of nitrogens with one attached hydrogen (secondary N) is 1. The molecule has 1 aromatic heterocycles. The van der Waals surface area contributed by atoms with Gasteiger partial charge in [-0.2, -0.15) is 0 Å². The third-order valence-corrected chi connectivity index (χ3v) is 4.71. The van der Waals surface area contributed by atoms with E-state index in [9.17, 15) is 13.6 Å². The van der Waals surface area contributed by atoms with Gasteiger partial charge >= 0.3 is 0 Å². The van der Waals surface area contributed by atoms with Crippen LogP contribution in [0.25, 0.3) is 11.3 Å². The van der Waals surface area contributed by atoms with Crippen LogP contribution >= 0.6 is 11.3 Å². The Morgan fingerprint density at radius 3 is 2.79 bits per heavy atom. The van der Waals surface area contributed by atoms with E-state index in [4.69, 9.17) is 9.47 Å². The summed E-state index contributed by atoms with van der Waals surface area (Å²) < 4.78 is 37.2. The number of benzene rings is 2. The van der Waals surface area contributed by atoms with Gasteiger partial charge in [-0.15, -0.1) is 11.3 Å². The molecule has 2 aromatic carbocycles. The van der Waals surface area contributed by atoms with Gasteiger partial charge in [-0.25, -0.2) is 13.8 Å². The summed E-state index contributed by atoms with van der Waals surface area (Å²) in [6.07, 6.45) is -0.707. The molecule has 0 aliphatic heterocycles. The lowest BCUT2D eigenvalue weighted by atomic mass is 10.2. The molecule has 0 radical (unpaired) electrons. The van der Waals surface area contributed by atoms with Crippen molar-refractivity contribution in [3.05, 3.63) is 65.0 Å². The number of hydrogen-bond donors (Lipinski definition) is 1. The van der Waals surface area contributed by atoms with Crippen molar-refractivity contribution >= 4 is 22.4 Å². The molecule has 28 heavy (non-hydrogen) atoms. The lowest BCUT2D eigenvalue weighted by Crippen LogP contribution is -2.27. The van der Waals surface area contributed by atoms with Crippen LogP contribution in [0.5, 0.6) is 5.75 Å². The molecule has 0 spiro atoms. The number of aromatic nitrogens is 1. The fraction of sp³-hybridized carbons (Fsp3) is 0.200. The zero-order valence-electron chi connectivity index (χ0n) is 15.2. The van der Waals surface area contributed by atoms with Gasteiger partial charge in [-0.3, -0.25) is 10.1 Å². The molecular formula is C20H18F2N2O3S. The van der Waals surface area contributed by atoms with Gasteiger partial charge < -0.3 is 9.47 Å². The van der Waals surface area contributed by atoms with Gasteiger partial charge in [-0.1, -0.05) is 12.1 Å². The topological polar surface area (TPSA) is 60.5 Å². The first-order valence-electron chi connectivity index (χ1n) is 8.42. The Morgan fingerprint density at radius 1 is 1.21 bits per heavy atom. The molecule has 3 aromatic rings. The van der Waals surface area contributed by atoms with Gasteiger partial charge in [0.15, 0.2) is 16.8 Å². The second kappa shape index (κ2) is 8.90. The van der Waals surface area contributed by atoms with Gasteiger partial charge in [0.25, 0.3) is 5.91 Å². The molecule has 1 heterocycles. The fourth-order valence-corrected chi connectivity index (χ4v) is 3.11. The number of halogens is 2. The number of carbonyl (C=O) groups is 1. The van der Waals surface area contributed by atoms with Gasteiger partial charge in [0, 0.05) is 10.9 Å². The Morgan fingerprint density at radius 2 is 2.04 bits per heavy atom. The molecule has 0 saturated carbocycles. The number of anilines is 1. The van der Waals surface area contributed by atoms with E-state index in [0.29, 0.717) is 22.1 Å². The zero-order valence-corrected chi connectivity index (χ0v) is 16.1. The molecule has 1 unspecified atom stereocenters. The molecule has 146 valence electrons. The molecule has 1 N–H and O–H groups in total. The first-order chi connectivity index (χ1) is 13.5. The maximum atomic E-state index is 13.4. The highest BCUT2D eigenvalue weighted by Crippen LogP contribution is 2.26. The molecule has 5 nitrogen and oxygen atoms in total. The summed E-state index contributed by atoms with van der Waals surface area (Å²) in [5, 5.41) is 4.67. The van der Waals surface area contributed by atoms with Crippen molar-refractivity contribution in [3.63, 3.8) is 0 Å². The van der Waals surface area contributed by atoms with Crippen molar-refractivity contribution in [2.75, 3.05) is 12.4 Å². The Bertz CT molecular complexity index is 978. The average Bonchev–Trinajstić information content (AvgIpc) is 3.16. The smallest absolute Gasteiger partial charge is 0.255 e. The molecule has 1 atom stereocenters. The van der Waals surface area contributed by atoms with Crippen molar-refractivity contribution in [3.8, 4) is 17.0 Å². The standard InChI is InChI=1S/C20H18F2N2O3S/c1-12(27-10-13-4-3-5-15(8-13)26-2)19(25)24-20-23-18(11-28-20)14-6-7-16(21)17(22)9-14/h3-9,11-12H,10H2,1-2H3,(H,23,24,25). The second-order valence-electron chi connectivity index (χ2n) is 5.96. The molecule has 0 bridgehead atoms. The van der Waals surface area contributed by atoms with Crippen LogP contribution in [0.3, 0.4) is 0 Å². The van der Waals surface area contributed by atoms with Crippen molar-refractivity contribution in [2.24, 2.45) is 0 Å². The Labute approximate surface area is 164 Å². The summed E-state index contributed by atoms with van der Waals surface area (Å²) in [4.78, 5) is 16.5. The number of ether oxygens (including phenoxy) is 2. The largest absolute Gasteiger partial charge is 0.497 e. The number of nitrogens with zero attached hydrogens (tertiary/aromatic N) is 1. The monoisotopic (exact) mass is 404 g/mol. The maximum Gasteiger partial charge on any atom is 0.255 e. The van der Waals surface area contributed by atoms with E-state index in [1.54, 1.807) is 19.4 Å². The highest BCUT2D eigenvalue weighted by Gasteiger charge is 2.16. The van der Waals surface area contributed by atoms with Crippen molar-refractivity contribution in [1.29, 1.82) is 0 Å². The number of carbonyl (C=O) groups excluding carboxylic acids is 1. The Balaban J connectivity index is 1.58. The number of amides is 1. The molecule has 1 amide bonds. The van der Waals surface area contributed by atoms with E-state index >= 15 is 0 Å². The molecule has 0 aliphatic carbocycles. The van der Waals surface area contributed by atoms with E-state index < -0.39 is 17.7 Å². The SMILES string of the molecule is COc1cccc(COC(C)C(=O)Nc2nc(-c3ccc(F)c(F)c3)cs2)c1. The molecule has 0 saturated heterocycles. The van der Waals surface area contributed by atoms with Gasteiger partial charge in [0.1, 0.15) is 11.9 Å². The Kier molecular flexibility index (Phi) is 6.33. The Hall–Kier alpha value is -2.84. The minimum Gasteiger partial charge on any atom is -0.497 e. The van der Waals surface area contributed by atoms with Crippen molar-refractivity contribution in [2.45, 2.75) is 19.6 Å². The lowest BCUT2D eigenvalue weighted by molar-refractivity contribution is -0.127. The average molecular weight is 404 g/mol. The molecule has 0 fully saturated rings. The summed E-state index contributed by atoms with van der Waals surface area (Å²) in [5.41, 5.74) is 1.76. The molecular weight excluding hydrogens is 386 g/mol.